The van der Waals surface area contributed by atoms with E-state index in [1.165, 1.54) is 18.7 Å². The van der Waals surface area contributed by atoms with Gasteiger partial charge in [-0.15, -0.1) is 0 Å². The van der Waals surface area contributed by atoms with Crippen molar-refractivity contribution in [3.8, 4) is 5.75 Å². The fraction of sp³-hybridized carbons (Fsp3) is 0.409. The number of hydrogen-bond donors (Lipinski definition) is 1. The van der Waals surface area contributed by atoms with E-state index in [2.05, 4.69) is 37.5 Å². The standard InChI is InChI=1S/C22H26BrN2O2/c1-2-27-20-13-7-17(8-14-20)22(26)16-24-15-5-3-4-6-21(24)25(22)19-11-9-18(23)10-12-19/h7-14,26H,2-6,15-16H2,1H3/q+1. The molecule has 1 atom stereocenters. The van der Waals surface area contributed by atoms with E-state index in [1.54, 1.807) is 0 Å². The molecule has 142 valence electrons. The fourth-order valence-electron chi connectivity index (χ4n) is 4.18. The van der Waals surface area contributed by atoms with Gasteiger partial charge in [0.15, 0.2) is 6.54 Å². The lowest BCUT2D eigenvalue weighted by atomic mass is 9.99. The molecular weight excluding hydrogens is 404 g/mol. The average molecular weight is 430 g/mol. The average Bonchev–Trinajstić information content (AvgIpc) is 2.80. The largest absolute Gasteiger partial charge is 0.494 e. The summed E-state index contributed by atoms with van der Waals surface area (Å²) in [4.78, 5) is 2.14. The Labute approximate surface area is 169 Å². The molecule has 0 fully saturated rings. The highest BCUT2D eigenvalue weighted by Gasteiger charge is 2.53. The Morgan fingerprint density at radius 2 is 1.81 bits per heavy atom. The topological polar surface area (TPSA) is 35.7 Å². The molecule has 0 aliphatic carbocycles. The van der Waals surface area contributed by atoms with Gasteiger partial charge in [0.05, 0.1) is 13.2 Å². The minimum Gasteiger partial charge on any atom is -0.494 e. The van der Waals surface area contributed by atoms with E-state index in [4.69, 9.17) is 4.74 Å². The molecule has 0 aromatic heterocycles. The van der Waals surface area contributed by atoms with Crippen molar-refractivity contribution in [3.05, 3.63) is 58.6 Å². The molecule has 0 bridgehead atoms. The monoisotopic (exact) mass is 429 g/mol. The molecule has 4 nitrogen and oxygen atoms in total. The molecule has 2 aromatic carbocycles. The van der Waals surface area contributed by atoms with Gasteiger partial charge >= 0.3 is 0 Å². The summed E-state index contributed by atoms with van der Waals surface area (Å²) in [5.41, 5.74) is 0.842. The van der Waals surface area contributed by atoms with Crippen LogP contribution in [0, 0.1) is 0 Å². The highest BCUT2D eigenvalue weighted by atomic mass is 79.9. The number of ether oxygens (including phenoxy) is 1. The zero-order valence-corrected chi connectivity index (χ0v) is 17.3. The van der Waals surface area contributed by atoms with E-state index < -0.39 is 5.72 Å². The second-order valence-corrected chi connectivity index (χ2v) is 8.15. The van der Waals surface area contributed by atoms with E-state index >= 15 is 0 Å². The van der Waals surface area contributed by atoms with Crippen LogP contribution in [0.15, 0.2) is 53.0 Å². The molecule has 4 rings (SSSR count). The van der Waals surface area contributed by atoms with Crippen LogP contribution in [0.4, 0.5) is 5.69 Å². The minimum atomic E-state index is -1.08. The molecule has 2 heterocycles. The molecule has 0 radical (unpaired) electrons. The maximum absolute atomic E-state index is 11.9. The van der Waals surface area contributed by atoms with Crippen LogP contribution in [-0.4, -0.2) is 35.2 Å². The van der Waals surface area contributed by atoms with Gasteiger partial charge in [-0.25, -0.2) is 0 Å². The Balaban J connectivity index is 1.77. The minimum absolute atomic E-state index is 0.590. The number of hydrogen-bond acceptors (Lipinski definition) is 3. The summed E-state index contributed by atoms with van der Waals surface area (Å²) >= 11 is 3.52. The van der Waals surface area contributed by atoms with Crippen LogP contribution >= 0.6 is 15.9 Å². The summed E-state index contributed by atoms with van der Waals surface area (Å²) in [5, 5.41) is 11.9. The number of anilines is 1. The first-order valence-corrected chi connectivity index (χ1v) is 10.5. The third-order valence-corrected chi connectivity index (χ3v) is 5.97. The summed E-state index contributed by atoms with van der Waals surface area (Å²) in [6.07, 6.45) is 4.58. The van der Waals surface area contributed by atoms with Crippen molar-refractivity contribution in [1.29, 1.82) is 0 Å². The Hall–Kier alpha value is -1.85. The van der Waals surface area contributed by atoms with E-state index in [-0.39, 0.29) is 0 Å². The third kappa shape index (κ3) is 3.50. The van der Waals surface area contributed by atoms with Gasteiger partial charge in [0.25, 0.3) is 11.6 Å². The summed E-state index contributed by atoms with van der Waals surface area (Å²) in [7, 11) is 0. The quantitative estimate of drug-likeness (QED) is 0.726. The fourth-order valence-corrected chi connectivity index (χ4v) is 4.45. The summed E-state index contributed by atoms with van der Waals surface area (Å²) in [5.74, 6) is 2.06. The molecule has 0 saturated carbocycles. The van der Waals surface area contributed by atoms with E-state index in [0.717, 1.165) is 40.9 Å². The summed E-state index contributed by atoms with van der Waals surface area (Å²) in [6, 6.07) is 16.1. The first-order chi connectivity index (χ1) is 13.1. The molecule has 0 amide bonds. The lowest BCUT2D eigenvalue weighted by molar-refractivity contribution is -0.534. The van der Waals surface area contributed by atoms with Gasteiger partial charge in [0.2, 0.25) is 0 Å². The van der Waals surface area contributed by atoms with Gasteiger partial charge in [-0.2, -0.15) is 4.90 Å². The Morgan fingerprint density at radius 1 is 1.07 bits per heavy atom. The number of aliphatic hydroxyl groups is 1. The number of amidine groups is 1. The van der Waals surface area contributed by atoms with Crippen molar-refractivity contribution in [2.75, 3.05) is 24.6 Å². The van der Waals surface area contributed by atoms with Gasteiger partial charge in [0.1, 0.15) is 11.4 Å². The maximum atomic E-state index is 11.9. The molecule has 27 heavy (non-hydrogen) atoms. The Morgan fingerprint density at radius 3 is 2.52 bits per heavy atom. The number of rotatable bonds is 4. The number of halogens is 1. The smallest absolute Gasteiger partial charge is 0.275 e. The van der Waals surface area contributed by atoms with Crippen molar-refractivity contribution >= 4 is 27.5 Å². The zero-order chi connectivity index (χ0) is 18.9. The third-order valence-electron chi connectivity index (χ3n) is 5.45. The highest BCUT2D eigenvalue weighted by Crippen LogP contribution is 2.38. The van der Waals surface area contributed by atoms with Crippen LogP contribution in [0.2, 0.25) is 0 Å². The first-order valence-electron chi connectivity index (χ1n) is 9.74. The maximum Gasteiger partial charge on any atom is 0.275 e. The molecule has 0 spiro atoms. The van der Waals surface area contributed by atoms with Crippen LogP contribution in [-0.2, 0) is 5.72 Å². The lowest BCUT2D eigenvalue weighted by Crippen LogP contribution is -2.47. The second-order valence-electron chi connectivity index (χ2n) is 7.23. The number of benzene rings is 2. The predicted octanol–water partition coefficient (Wildman–Crippen LogP) is 4.50. The van der Waals surface area contributed by atoms with Gasteiger partial charge in [-0.1, -0.05) is 15.9 Å². The SMILES string of the molecule is CCOc1ccc(C2(O)C[N+]3=C(CCCCC3)N2c2ccc(Br)cc2)cc1. The molecule has 2 aromatic rings. The van der Waals surface area contributed by atoms with Crippen LogP contribution in [0.1, 0.15) is 38.2 Å². The van der Waals surface area contributed by atoms with Crippen LogP contribution in [0.25, 0.3) is 0 Å². The molecule has 2 aliphatic heterocycles. The van der Waals surface area contributed by atoms with Crippen LogP contribution in [0.3, 0.4) is 0 Å². The predicted molar refractivity (Wildman–Crippen MR) is 112 cm³/mol. The van der Waals surface area contributed by atoms with Gasteiger partial charge in [0, 0.05) is 16.5 Å². The number of nitrogens with zero attached hydrogens (tertiary/aromatic N) is 2. The van der Waals surface area contributed by atoms with Crippen molar-refractivity contribution < 1.29 is 14.4 Å². The van der Waals surface area contributed by atoms with Gasteiger partial charge in [-0.3, -0.25) is 4.58 Å². The summed E-state index contributed by atoms with van der Waals surface area (Å²) < 4.78 is 8.98. The van der Waals surface area contributed by atoms with E-state index in [0.29, 0.717) is 13.2 Å². The van der Waals surface area contributed by atoms with Gasteiger partial charge < -0.3 is 9.84 Å². The van der Waals surface area contributed by atoms with E-state index in [9.17, 15) is 5.11 Å². The Kier molecular flexibility index (Phi) is 5.24. The van der Waals surface area contributed by atoms with Crippen molar-refractivity contribution in [1.82, 2.24) is 0 Å². The molecule has 2 aliphatic rings. The van der Waals surface area contributed by atoms with E-state index in [1.807, 2.05) is 43.3 Å². The molecule has 1 N–H and O–H groups in total. The normalized spacial score (nSPS) is 22.6. The molecule has 5 heteroatoms. The molecular formula is C22H26BrN2O2+. The van der Waals surface area contributed by atoms with Crippen LogP contribution < -0.4 is 9.64 Å². The summed E-state index contributed by atoms with van der Waals surface area (Å²) in [6.45, 7) is 4.21. The van der Waals surface area contributed by atoms with Gasteiger partial charge in [-0.05, 0) is 74.7 Å². The van der Waals surface area contributed by atoms with Crippen molar-refractivity contribution in [2.45, 2.75) is 38.3 Å². The first kappa shape index (κ1) is 18.5. The second kappa shape index (κ2) is 7.64. The zero-order valence-electron chi connectivity index (χ0n) is 15.7. The van der Waals surface area contributed by atoms with Crippen molar-refractivity contribution in [2.24, 2.45) is 0 Å². The highest BCUT2D eigenvalue weighted by molar-refractivity contribution is 9.10. The molecule has 1 unspecified atom stereocenters. The van der Waals surface area contributed by atoms with Crippen LogP contribution in [0.5, 0.6) is 5.75 Å². The van der Waals surface area contributed by atoms with Crippen molar-refractivity contribution in [3.63, 3.8) is 0 Å². The molecule has 0 saturated heterocycles. The lowest BCUT2D eigenvalue weighted by Gasteiger charge is -2.29. The Bertz CT molecular complexity index is 832.